The Morgan fingerprint density at radius 3 is 2.67 bits per heavy atom. The van der Waals surface area contributed by atoms with E-state index in [0.717, 1.165) is 29.8 Å². The number of ether oxygens (including phenoxy) is 1. The van der Waals surface area contributed by atoms with Crippen molar-refractivity contribution < 1.29 is 9.84 Å². The third-order valence-electron chi connectivity index (χ3n) is 4.07. The molecule has 5 nitrogen and oxygen atoms in total. The molecule has 0 radical (unpaired) electrons. The van der Waals surface area contributed by atoms with Gasteiger partial charge in [0.15, 0.2) is 0 Å². The van der Waals surface area contributed by atoms with Gasteiger partial charge < -0.3 is 14.7 Å². The van der Waals surface area contributed by atoms with Gasteiger partial charge in [-0.2, -0.15) is 0 Å². The summed E-state index contributed by atoms with van der Waals surface area (Å²) in [5.74, 6) is 1.23. The zero-order chi connectivity index (χ0) is 17.1. The molecule has 1 N–H and O–H groups in total. The highest BCUT2D eigenvalue weighted by Crippen LogP contribution is 2.32. The molecule has 1 aliphatic heterocycles. The number of aryl methyl sites for hydroxylation is 1. The van der Waals surface area contributed by atoms with Crippen LogP contribution in [0.3, 0.4) is 0 Å². The normalized spacial score (nSPS) is 14.9. The smallest absolute Gasteiger partial charge is 0.227 e. The second kappa shape index (κ2) is 7.55. The number of rotatable bonds is 4. The monoisotopic (exact) mass is 367 g/mol. The molecule has 1 aromatic carbocycles. The lowest BCUT2D eigenvalue weighted by Crippen LogP contribution is -2.37. The number of aromatic hydroxyl groups is 1. The third kappa shape index (κ3) is 3.58. The maximum atomic E-state index is 10.0. The molecule has 7 heteroatoms. The first-order chi connectivity index (χ1) is 11.6. The maximum absolute atomic E-state index is 10.0. The summed E-state index contributed by atoms with van der Waals surface area (Å²) in [4.78, 5) is 11.2. The van der Waals surface area contributed by atoms with Gasteiger partial charge in [0.05, 0.1) is 18.9 Å². The number of benzene rings is 1. The van der Waals surface area contributed by atoms with Crippen LogP contribution in [0, 0.1) is 6.92 Å². The first kappa shape index (κ1) is 17.3. The first-order valence-corrected chi connectivity index (χ1v) is 8.76. The fraction of sp³-hybridized carbons (Fsp3) is 0.412. The van der Waals surface area contributed by atoms with Crippen molar-refractivity contribution in [1.29, 1.82) is 0 Å². The topological polar surface area (TPSA) is 58.5 Å². The van der Waals surface area contributed by atoms with Crippen LogP contribution in [0.2, 0.25) is 5.15 Å². The molecule has 3 rings (SSSR count). The van der Waals surface area contributed by atoms with Crippen molar-refractivity contribution in [1.82, 2.24) is 9.97 Å². The molecule has 2 aromatic rings. The highest BCUT2D eigenvalue weighted by atomic mass is 35.5. The number of phenolic OH excluding ortho intramolecular Hbond substituents is 1. The molecule has 0 bridgehead atoms. The molecule has 0 unspecified atom stereocenters. The minimum atomic E-state index is 0.229. The van der Waals surface area contributed by atoms with Gasteiger partial charge in [0, 0.05) is 30.1 Å². The zero-order valence-electron chi connectivity index (χ0n) is 13.4. The minimum absolute atomic E-state index is 0.229. The Labute approximate surface area is 151 Å². The minimum Gasteiger partial charge on any atom is -0.508 e. The summed E-state index contributed by atoms with van der Waals surface area (Å²) in [7, 11) is 0. The molecule has 0 spiro atoms. The van der Waals surface area contributed by atoms with E-state index in [-0.39, 0.29) is 5.75 Å². The number of halogens is 2. The van der Waals surface area contributed by atoms with E-state index in [1.165, 1.54) is 0 Å². The molecule has 24 heavy (non-hydrogen) atoms. The lowest BCUT2D eigenvalue weighted by molar-refractivity contribution is 0.122. The van der Waals surface area contributed by atoms with Gasteiger partial charge in [0.2, 0.25) is 5.95 Å². The summed E-state index contributed by atoms with van der Waals surface area (Å²) in [6, 6.07) is 5.49. The van der Waals surface area contributed by atoms with Crippen molar-refractivity contribution in [2.45, 2.75) is 13.3 Å². The second-order valence-corrected chi connectivity index (χ2v) is 6.42. The number of alkyl halides is 1. The SMILES string of the molecule is Cc1ccc(-c2nc(N3CCOCC3)nc(Cl)c2CCCl)cc1O. The molecule has 0 aliphatic carbocycles. The van der Waals surface area contributed by atoms with Crippen LogP contribution in [0.1, 0.15) is 11.1 Å². The van der Waals surface area contributed by atoms with Gasteiger partial charge >= 0.3 is 0 Å². The average Bonchev–Trinajstić information content (AvgIpc) is 2.60. The molecule has 2 heterocycles. The van der Waals surface area contributed by atoms with E-state index >= 15 is 0 Å². The molecule has 128 valence electrons. The zero-order valence-corrected chi connectivity index (χ0v) is 14.9. The molecule has 0 amide bonds. The number of hydrogen-bond donors (Lipinski definition) is 1. The highest BCUT2D eigenvalue weighted by Gasteiger charge is 2.20. The molecule has 1 fully saturated rings. The lowest BCUT2D eigenvalue weighted by Gasteiger charge is -2.27. The number of nitrogens with zero attached hydrogens (tertiary/aromatic N) is 3. The Hall–Kier alpha value is -1.56. The van der Waals surface area contributed by atoms with E-state index in [4.69, 9.17) is 32.9 Å². The number of morpholine rings is 1. The number of hydrogen-bond acceptors (Lipinski definition) is 5. The van der Waals surface area contributed by atoms with E-state index in [1.807, 2.05) is 19.1 Å². The van der Waals surface area contributed by atoms with Crippen molar-refractivity contribution in [2.24, 2.45) is 0 Å². The summed E-state index contributed by atoms with van der Waals surface area (Å²) in [6.07, 6.45) is 0.563. The Kier molecular flexibility index (Phi) is 5.43. The molecule has 0 saturated carbocycles. The standard InChI is InChI=1S/C17H19Cl2N3O2/c1-11-2-3-12(10-14(11)23)15-13(4-5-18)16(19)21-17(20-15)22-6-8-24-9-7-22/h2-3,10,23H,4-9H2,1H3. The molecule has 0 atom stereocenters. The van der Waals surface area contributed by atoms with Crippen molar-refractivity contribution >= 4 is 29.2 Å². The number of phenols is 1. The highest BCUT2D eigenvalue weighted by molar-refractivity contribution is 6.30. The summed E-state index contributed by atoms with van der Waals surface area (Å²) >= 11 is 12.3. The summed E-state index contributed by atoms with van der Waals surface area (Å²) in [6.45, 7) is 4.59. The van der Waals surface area contributed by atoms with Crippen LogP contribution >= 0.6 is 23.2 Å². The van der Waals surface area contributed by atoms with Gasteiger partial charge in [0.1, 0.15) is 10.9 Å². The Morgan fingerprint density at radius 1 is 1.25 bits per heavy atom. The van der Waals surface area contributed by atoms with Crippen LogP contribution in [-0.2, 0) is 11.2 Å². The van der Waals surface area contributed by atoms with Crippen LogP contribution < -0.4 is 4.90 Å². The third-order valence-corrected chi connectivity index (χ3v) is 4.57. The largest absolute Gasteiger partial charge is 0.508 e. The van der Waals surface area contributed by atoms with Crippen molar-refractivity contribution in [3.05, 3.63) is 34.5 Å². The predicted octanol–water partition coefficient (Wildman–Crippen LogP) is 3.43. The van der Waals surface area contributed by atoms with E-state index in [1.54, 1.807) is 6.07 Å². The van der Waals surface area contributed by atoms with E-state index in [2.05, 4.69) is 9.88 Å². The lowest BCUT2D eigenvalue weighted by atomic mass is 10.0. The summed E-state index contributed by atoms with van der Waals surface area (Å²) in [5.41, 5.74) is 3.13. The van der Waals surface area contributed by atoms with Crippen LogP contribution in [0.4, 0.5) is 5.95 Å². The van der Waals surface area contributed by atoms with Crippen molar-refractivity contribution in [3.63, 3.8) is 0 Å². The van der Waals surface area contributed by atoms with Gasteiger partial charge in [-0.25, -0.2) is 9.97 Å². The van der Waals surface area contributed by atoms with Crippen molar-refractivity contribution in [3.8, 4) is 17.0 Å². The molecular weight excluding hydrogens is 349 g/mol. The van der Waals surface area contributed by atoms with Gasteiger partial charge in [-0.3, -0.25) is 0 Å². The Balaban J connectivity index is 2.09. The van der Waals surface area contributed by atoms with Crippen LogP contribution in [0.15, 0.2) is 18.2 Å². The Bertz CT molecular complexity index is 734. The van der Waals surface area contributed by atoms with Crippen LogP contribution in [0.25, 0.3) is 11.3 Å². The van der Waals surface area contributed by atoms with Gasteiger partial charge in [-0.15, -0.1) is 11.6 Å². The van der Waals surface area contributed by atoms with Crippen LogP contribution in [-0.4, -0.2) is 47.3 Å². The second-order valence-electron chi connectivity index (χ2n) is 5.68. The van der Waals surface area contributed by atoms with E-state index in [0.29, 0.717) is 42.3 Å². The Morgan fingerprint density at radius 2 is 2.00 bits per heavy atom. The number of anilines is 1. The van der Waals surface area contributed by atoms with Gasteiger partial charge in [-0.1, -0.05) is 23.7 Å². The average molecular weight is 368 g/mol. The predicted molar refractivity (Wildman–Crippen MR) is 96.3 cm³/mol. The summed E-state index contributed by atoms with van der Waals surface area (Å²) in [5, 5.41) is 10.4. The molecule has 1 aromatic heterocycles. The van der Waals surface area contributed by atoms with Gasteiger partial charge in [0.25, 0.3) is 0 Å². The molecule has 1 aliphatic rings. The molecular formula is C17H19Cl2N3O2. The molecule has 1 saturated heterocycles. The quantitative estimate of drug-likeness (QED) is 0.662. The first-order valence-electron chi connectivity index (χ1n) is 7.85. The number of aromatic nitrogens is 2. The fourth-order valence-corrected chi connectivity index (χ4v) is 3.11. The maximum Gasteiger partial charge on any atom is 0.227 e. The van der Waals surface area contributed by atoms with Gasteiger partial charge in [-0.05, 0) is 25.0 Å². The fourth-order valence-electron chi connectivity index (χ4n) is 2.66. The van der Waals surface area contributed by atoms with E-state index < -0.39 is 0 Å². The van der Waals surface area contributed by atoms with Crippen LogP contribution in [0.5, 0.6) is 5.75 Å². The van der Waals surface area contributed by atoms with Crippen molar-refractivity contribution in [2.75, 3.05) is 37.1 Å². The summed E-state index contributed by atoms with van der Waals surface area (Å²) < 4.78 is 5.38. The van der Waals surface area contributed by atoms with E-state index in [9.17, 15) is 5.11 Å².